The van der Waals surface area contributed by atoms with Gasteiger partial charge >= 0.3 is 6.03 Å². The molecule has 2 saturated heterocycles. The van der Waals surface area contributed by atoms with Crippen molar-refractivity contribution >= 4 is 29.4 Å². The van der Waals surface area contributed by atoms with Crippen LogP contribution in [0.5, 0.6) is 0 Å². The van der Waals surface area contributed by atoms with Crippen LogP contribution in [0.25, 0.3) is 0 Å². The zero-order valence-electron chi connectivity index (χ0n) is 18.9. The fourth-order valence-electron chi connectivity index (χ4n) is 4.56. The molecule has 0 saturated carbocycles. The molecule has 2 aromatic carbocycles. The molecule has 174 valence electrons. The first kappa shape index (κ1) is 23.3. The van der Waals surface area contributed by atoms with Crippen LogP contribution >= 0.6 is 11.6 Å². The van der Waals surface area contributed by atoms with Gasteiger partial charge in [-0.1, -0.05) is 53.6 Å². The Morgan fingerprint density at radius 1 is 1.15 bits per heavy atom. The molecule has 0 aromatic heterocycles. The van der Waals surface area contributed by atoms with E-state index in [1.54, 1.807) is 6.92 Å². The molecule has 0 spiro atoms. The summed E-state index contributed by atoms with van der Waals surface area (Å²) in [5.74, 6) is -0.810. The minimum Gasteiger partial charge on any atom is -0.353 e. The number of nitrogens with one attached hydrogen (secondary N) is 2. The SMILES string of the molecule is Cc1ccc(C2(C)NC(=O)N(CC(=O)NCC(c3cccc(Cl)c3)N3CCCC3)C2=O)cc1. The molecule has 2 fully saturated rings. The molecule has 4 amide bonds. The fourth-order valence-corrected chi connectivity index (χ4v) is 4.76. The highest BCUT2D eigenvalue weighted by Crippen LogP contribution is 2.29. The van der Waals surface area contributed by atoms with Gasteiger partial charge in [0.2, 0.25) is 5.91 Å². The highest BCUT2D eigenvalue weighted by Gasteiger charge is 2.49. The van der Waals surface area contributed by atoms with Crippen molar-refractivity contribution in [2.45, 2.75) is 38.3 Å². The second-order valence-corrected chi connectivity index (χ2v) is 9.37. The monoisotopic (exact) mass is 468 g/mol. The van der Waals surface area contributed by atoms with Crippen molar-refractivity contribution in [1.82, 2.24) is 20.4 Å². The van der Waals surface area contributed by atoms with Crippen LogP contribution in [-0.2, 0) is 15.1 Å². The summed E-state index contributed by atoms with van der Waals surface area (Å²) in [6.07, 6.45) is 2.23. The molecule has 0 radical (unpaired) electrons. The summed E-state index contributed by atoms with van der Waals surface area (Å²) in [5.41, 5.74) is 1.59. The van der Waals surface area contributed by atoms with E-state index in [-0.39, 0.29) is 18.5 Å². The third-order valence-corrected chi connectivity index (χ3v) is 6.75. The molecule has 2 atom stereocenters. The van der Waals surface area contributed by atoms with Crippen LogP contribution in [0.2, 0.25) is 5.02 Å². The molecule has 2 aliphatic heterocycles. The third-order valence-electron chi connectivity index (χ3n) is 6.51. The first-order valence-corrected chi connectivity index (χ1v) is 11.6. The van der Waals surface area contributed by atoms with Crippen molar-refractivity contribution in [2.75, 3.05) is 26.2 Å². The number of aryl methyl sites for hydroxylation is 1. The normalized spacial score (nSPS) is 21.8. The maximum Gasteiger partial charge on any atom is 0.325 e. The number of halogens is 1. The smallest absolute Gasteiger partial charge is 0.325 e. The molecule has 8 heteroatoms. The van der Waals surface area contributed by atoms with Crippen molar-refractivity contribution in [2.24, 2.45) is 0 Å². The van der Waals surface area contributed by atoms with Gasteiger partial charge in [0.25, 0.3) is 5.91 Å². The van der Waals surface area contributed by atoms with E-state index in [9.17, 15) is 14.4 Å². The Kier molecular flexibility index (Phi) is 6.72. The van der Waals surface area contributed by atoms with Crippen molar-refractivity contribution in [3.8, 4) is 0 Å². The van der Waals surface area contributed by atoms with Crippen LogP contribution in [0, 0.1) is 6.92 Å². The molecular weight excluding hydrogens is 440 g/mol. The molecule has 0 aliphatic carbocycles. The number of urea groups is 1. The maximum absolute atomic E-state index is 13.1. The number of nitrogens with zero attached hydrogens (tertiary/aromatic N) is 2. The summed E-state index contributed by atoms with van der Waals surface area (Å²) >= 11 is 6.20. The van der Waals surface area contributed by atoms with Gasteiger partial charge in [0, 0.05) is 11.6 Å². The Balaban J connectivity index is 1.42. The lowest BCUT2D eigenvalue weighted by Crippen LogP contribution is -2.45. The minimum atomic E-state index is -1.19. The van der Waals surface area contributed by atoms with E-state index in [0.29, 0.717) is 17.1 Å². The molecule has 0 bridgehead atoms. The van der Waals surface area contributed by atoms with E-state index in [4.69, 9.17) is 11.6 Å². The van der Waals surface area contributed by atoms with E-state index in [1.165, 1.54) is 0 Å². The average Bonchev–Trinajstić information content (AvgIpc) is 3.38. The number of hydrogen-bond donors (Lipinski definition) is 2. The zero-order chi connectivity index (χ0) is 23.6. The predicted molar refractivity (Wildman–Crippen MR) is 127 cm³/mol. The summed E-state index contributed by atoms with van der Waals surface area (Å²) in [6, 6.07) is 14.5. The van der Waals surface area contributed by atoms with Gasteiger partial charge in [0.05, 0.1) is 6.04 Å². The highest BCUT2D eigenvalue weighted by molar-refractivity contribution is 6.30. The van der Waals surface area contributed by atoms with Crippen LogP contribution in [0.3, 0.4) is 0 Å². The Morgan fingerprint density at radius 2 is 1.85 bits per heavy atom. The van der Waals surface area contributed by atoms with Crippen molar-refractivity contribution in [1.29, 1.82) is 0 Å². The lowest BCUT2D eigenvalue weighted by Gasteiger charge is -2.28. The van der Waals surface area contributed by atoms with Crippen LogP contribution in [0.15, 0.2) is 48.5 Å². The van der Waals surface area contributed by atoms with Gasteiger partial charge in [-0.2, -0.15) is 0 Å². The van der Waals surface area contributed by atoms with E-state index < -0.39 is 17.5 Å². The number of amides is 4. The van der Waals surface area contributed by atoms with E-state index in [0.717, 1.165) is 42.0 Å². The van der Waals surface area contributed by atoms with Crippen LogP contribution in [0.1, 0.15) is 42.5 Å². The molecule has 7 nitrogen and oxygen atoms in total. The fraction of sp³-hybridized carbons (Fsp3) is 0.400. The quantitative estimate of drug-likeness (QED) is 0.610. The summed E-state index contributed by atoms with van der Waals surface area (Å²) in [5, 5.41) is 6.32. The van der Waals surface area contributed by atoms with Gasteiger partial charge in [-0.05, 0) is 63.0 Å². The average molecular weight is 469 g/mol. The minimum absolute atomic E-state index is 0.0175. The van der Waals surface area contributed by atoms with Gasteiger partial charge < -0.3 is 10.6 Å². The van der Waals surface area contributed by atoms with Gasteiger partial charge in [0.15, 0.2) is 0 Å². The second kappa shape index (κ2) is 9.53. The highest BCUT2D eigenvalue weighted by atomic mass is 35.5. The largest absolute Gasteiger partial charge is 0.353 e. The summed E-state index contributed by atoms with van der Waals surface area (Å²) in [6.45, 7) is 5.57. The van der Waals surface area contributed by atoms with Crippen LogP contribution in [0.4, 0.5) is 4.79 Å². The summed E-state index contributed by atoms with van der Waals surface area (Å²) in [4.78, 5) is 41.8. The van der Waals surface area contributed by atoms with Gasteiger partial charge in [-0.3, -0.25) is 19.4 Å². The number of carbonyl (C=O) groups is 3. The molecule has 2 aliphatic rings. The van der Waals surface area contributed by atoms with E-state index in [2.05, 4.69) is 15.5 Å². The third kappa shape index (κ3) is 4.89. The molecule has 2 N–H and O–H groups in total. The first-order valence-electron chi connectivity index (χ1n) is 11.3. The topological polar surface area (TPSA) is 81.8 Å². The van der Waals surface area contributed by atoms with Gasteiger partial charge in [-0.25, -0.2) is 4.79 Å². The number of carbonyl (C=O) groups excluding carboxylic acids is 3. The van der Waals surface area contributed by atoms with Crippen molar-refractivity contribution in [3.63, 3.8) is 0 Å². The van der Waals surface area contributed by atoms with E-state index in [1.807, 2.05) is 55.5 Å². The Labute approximate surface area is 199 Å². The lowest BCUT2D eigenvalue weighted by atomic mass is 9.91. The number of hydrogen-bond acceptors (Lipinski definition) is 4. The Morgan fingerprint density at radius 3 is 2.52 bits per heavy atom. The number of imide groups is 1. The van der Waals surface area contributed by atoms with Crippen molar-refractivity contribution in [3.05, 3.63) is 70.2 Å². The van der Waals surface area contributed by atoms with Crippen molar-refractivity contribution < 1.29 is 14.4 Å². The number of likely N-dealkylation sites (tertiary alicyclic amines) is 1. The Bertz CT molecular complexity index is 1050. The lowest BCUT2D eigenvalue weighted by molar-refractivity contribution is -0.134. The van der Waals surface area contributed by atoms with Crippen LogP contribution in [-0.4, -0.2) is 53.8 Å². The summed E-state index contributed by atoms with van der Waals surface area (Å²) < 4.78 is 0. The van der Waals surface area contributed by atoms with Gasteiger partial charge in [-0.15, -0.1) is 0 Å². The molecule has 2 unspecified atom stereocenters. The molecule has 33 heavy (non-hydrogen) atoms. The standard InChI is InChI=1S/C25H29ClN4O3/c1-17-8-10-19(11-9-17)25(2)23(32)30(24(33)28-25)16-22(31)27-15-21(29-12-3-4-13-29)18-6-5-7-20(26)14-18/h5-11,14,21H,3-4,12-13,15-16H2,1-2H3,(H,27,31)(H,28,33). The summed E-state index contributed by atoms with van der Waals surface area (Å²) in [7, 11) is 0. The molecule has 2 aromatic rings. The molecule has 4 rings (SSSR count). The van der Waals surface area contributed by atoms with Crippen LogP contribution < -0.4 is 10.6 Å². The zero-order valence-corrected chi connectivity index (χ0v) is 19.7. The second-order valence-electron chi connectivity index (χ2n) is 8.93. The Hall–Kier alpha value is -2.90. The maximum atomic E-state index is 13.1. The number of benzene rings is 2. The molecular formula is C25H29ClN4O3. The molecule has 2 heterocycles. The first-order chi connectivity index (χ1) is 15.8. The number of rotatable bonds is 7. The van der Waals surface area contributed by atoms with E-state index >= 15 is 0 Å². The van der Waals surface area contributed by atoms with Gasteiger partial charge in [0.1, 0.15) is 12.1 Å². The predicted octanol–water partition coefficient (Wildman–Crippen LogP) is 3.37.